The second kappa shape index (κ2) is 7.64. The van der Waals surface area contributed by atoms with E-state index in [1.54, 1.807) is 6.07 Å². The van der Waals surface area contributed by atoms with E-state index in [1.807, 2.05) is 32.0 Å². The minimum absolute atomic E-state index is 0.259. The Hall–Kier alpha value is -1.64. The zero-order chi connectivity index (χ0) is 13.4. The van der Waals surface area contributed by atoms with Crippen molar-refractivity contribution in [1.29, 1.82) is 0 Å². The molecule has 0 fully saturated rings. The molecule has 0 aliphatic heterocycles. The predicted octanol–water partition coefficient (Wildman–Crippen LogP) is 3.28. The van der Waals surface area contributed by atoms with Crippen LogP contribution in [0.1, 0.15) is 43.1 Å². The number of carbonyl (C=O) groups excluding carboxylic acids is 1. The van der Waals surface area contributed by atoms with E-state index in [0.717, 1.165) is 24.9 Å². The molecular weight excluding hydrogens is 226 g/mol. The highest BCUT2D eigenvalue weighted by molar-refractivity contribution is 5.90. The number of nitrogens with zero attached hydrogens (tertiary/aromatic N) is 1. The van der Waals surface area contributed by atoms with E-state index in [1.165, 1.54) is 5.71 Å². The van der Waals surface area contributed by atoms with Crippen LogP contribution in [-0.4, -0.2) is 24.8 Å². The molecule has 0 bridgehead atoms. The van der Waals surface area contributed by atoms with Gasteiger partial charge in [-0.1, -0.05) is 19.1 Å². The summed E-state index contributed by atoms with van der Waals surface area (Å²) in [5.41, 5.74) is 2.88. The van der Waals surface area contributed by atoms with Gasteiger partial charge < -0.3 is 4.74 Å². The van der Waals surface area contributed by atoms with Crippen molar-refractivity contribution in [2.45, 2.75) is 33.6 Å². The van der Waals surface area contributed by atoms with Gasteiger partial charge in [0.25, 0.3) is 0 Å². The third-order valence-corrected chi connectivity index (χ3v) is 2.64. The summed E-state index contributed by atoms with van der Waals surface area (Å²) in [6.07, 6.45) is 1.75. The third-order valence-electron chi connectivity index (χ3n) is 2.64. The molecule has 0 unspecified atom stereocenters. The van der Waals surface area contributed by atoms with Crippen molar-refractivity contribution in [3.8, 4) is 0 Å². The lowest BCUT2D eigenvalue weighted by molar-refractivity contribution is 0.0526. The zero-order valence-electron chi connectivity index (χ0n) is 11.4. The first-order valence-electron chi connectivity index (χ1n) is 6.49. The minimum Gasteiger partial charge on any atom is -0.462 e. The van der Waals surface area contributed by atoms with E-state index >= 15 is 0 Å². The van der Waals surface area contributed by atoms with Crippen molar-refractivity contribution in [3.63, 3.8) is 0 Å². The molecule has 18 heavy (non-hydrogen) atoms. The third kappa shape index (κ3) is 4.32. The first-order valence-corrected chi connectivity index (χ1v) is 6.49. The van der Waals surface area contributed by atoms with E-state index in [4.69, 9.17) is 4.74 Å². The molecule has 3 nitrogen and oxygen atoms in total. The summed E-state index contributed by atoms with van der Waals surface area (Å²) in [6.45, 7) is 7.15. The summed E-state index contributed by atoms with van der Waals surface area (Å²) < 4.78 is 4.99. The molecule has 0 saturated heterocycles. The number of esters is 1. The molecule has 3 heteroatoms. The summed E-state index contributed by atoms with van der Waals surface area (Å²) >= 11 is 0. The summed E-state index contributed by atoms with van der Waals surface area (Å²) in [6, 6.07) is 7.58. The van der Waals surface area contributed by atoms with Crippen molar-refractivity contribution >= 4 is 11.7 Å². The highest BCUT2D eigenvalue weighted by atomic mass is 16.5. The van der Waals surface area contributed by atoms with Crippen molar-refractivity contribution in [1.82, 2.24) is 0 Å². The molecule has 0 atom stereocenters. The van der Waals surface area contributed by atoms with Gasteiger partial charge in [-0.15, -0.1) is 0 Å². The van der Waals surface area contributed by atoms with Crippen LogP contribution >= 0.6 is 0 Å². The lowest BCUT2D eigenvalue weighted by atomic mass is 10.0. The van der Waals surface area contributed by atoms with E-state index in [0.29, 0.717) is 12.2 Å². The predicted molar refractivity (Wildman–Crippen MR) is 74.4 cm³/mol. The Kier molecular flexibility index (Phi) is 6.12. The first kappa shape index (κ1) is 14.4. The minimum atomic E-state index is -0.259. The Labute approximate surface area is 109 Å². The second-order valence-corrected chi connectivity index (χ2v) is 3.99. The summed E-state index contributed by atoms with van der Waals surface area (Å²) in [5.74, 6) is -0.259. The van der Waals surface area contributed by atoms with Crippen LogP contribution in [0.4, 0.5) is 0 Å². The normalized spacial score (nSPS) is 11.4. The lowest BCUT2D eigenvalue weighted by Gasteiger charge is -2.06. The molecule has 0 saturated carbocycles. The molecule has 0 heterocycles. The Morgan fingerprint density at radius 1 is 1.28 bits per heavy atom. The number of benzene rings is 1. The van der Waals surface area contributed by atoms with Crippen LogP contribution in [0, 0.1) is 0 Å². The molecule has 0 amide bonds. The van der Waals surface area contributed by atoms with E-state index in [2.05, 4.69) is 11.9 Å². The largest absolute Gasteiger partial charge is 0.462 e. The molecule has 0 aromatic heterocycles. The molecule has 1 aromatic carbocycles. The lowest BCUT2D eigenvalue weighted by Crippen LogP contribution is -2.07. The highest BCUT2D eigenvalue weighted by Gasteiger charge is 2.07. The molecule has 0 radical (unpaired) electrons. The average molecular weight is 247 g/mol. The summed E-state index contributed by atoms with van der Waals surface area (Å²) in [5, 5.41) is 0. The van der Waals surface area contributed by atoms with Gasteiger partial charge in [0, 0.05) is 18.7 Å². The molecule has 1 aromatic rings. The fraction of sp³-hybridized carbons (Fsp3) is 0.467. The van der Waals surface area contributed by atoms with Gasteiger partial charge in [-0.2, -0.15) is 0 Å². The standard InChI is InChI=1S/C15H21NO2/c1-4-14(16-5-2)11-12-8-7-9-13(10-12)15(17)18-6-3/h7-10H,4-6,11H2,1-3H3. The van der Waals surface area contributed by atoms with Crippen LogP contribution in [-0.2, 0) is 11.2 Å². The number of carbonyl (C=O) groups is 1. The van der Waals surface area contributed by atoms with E-state index in [-0.39, 0.29) is 5.97 Å². The van der Waals surface area contributed by atoms with Crippen LogP contribution < -0.4 is 0 Å². The molecule has 0 aliphatic rings. The maximum absolute atomic E-state index is 11.6. The Bertz CT molecular complexity index is 424. The van der Waals surface area contributed by atoms with Gasteiger partial charge in [-0.25, -0.2) is 4.79 Å². The molecule has 1 rings (SSSR count). The Morgan fingerprint density at radius 3 is 2.67 bits per heavy atom. The topological polar surface area (TPSA) is 38.7 Å². The van der Waals surface area contributed by atoms with Crippen molar-refractivity contribution in [3.05, 3.63) is 35.4 Å². The Morgan fingerprint density at radius 2 is 2.06 bits per heavy atom. The summed E-state index contributed by atoms with van der Waals surface area (Å²) in [7, 11) is 0. The van der Waals surface area contributed by atoms with Crippen LogP contribution in [0.25, 0.3) is 0 Å². The summed E-state index contributed by atoms with van der Waals surface area (Å²) in [4.78, 5) is 16.1. The van der Waals surface area contributed by atoms with Gasteiger partial charge in [0.05, 0.1) is 12.2 Å². The maximum atomic E-state index is 11.6. The monoisotopic (exact) mass is 247 g/mol. The van der Waals surface area contributed by atoms with Gasteiger partial charge in [0.15, 0.2) is 0 Å². The molecular formula is C15H21NO2. The van der Waals surface area contributed by atoms with Crippen molar-refractivity contribution in [2.75, 3.05) is 13.2 Å². The van der Waals surface area contributed by atoms with Gasteiger partial charge in [-0.05, 0) is 38.0 Å². The van der Waals surface area contributed by atoms with Crippen LogP contribution in [0.3, 0.4) is 0 Å². The van der Waals surface area contributed by atoms with Crippen LogP contribution in [0.5, 0.6) is 0 Å². The van der Waals surface area contributed by atoms with Crippen molar-refractivity contribution in [2.24, 2.45) is 4.99 Å². The first-order chi connectivity index (χ1) is 8.71. The van der Waals surface area contributed by atoms with Crippen LogP contribution in [0.2, 0.25) is 0 Å². The number of ether oxygens (including phenoxy) is 1. The second-order valence-electron chi connectivity index (χ2n) is 3.99. The molecule has 0 N–H and O–H groups in total. The maximum Gasteiger partial charge on any atom is 0.338 e. The molecule has 98 valence electrons. The van der Waals surface area contributed by atoms with Gasteiger partial charge in [0.2, 0.25) is 0 Å². The highest BCUT2D eigenvalue weighted by Crippen LogP contribution is 2.09. The SMILES string of the molecule is CCN=C(CC)Cc1cccc(C(=O)OCC)c1. The molecule has 0 spiro atoms. The fourth-order valence-corrected chi connectivity index (χ4v) is 1.77. The van der Waals surface area contributed by atoms with Gasteiger partial charge >= 0.3 is 5.97 Å². The molecule has 0 aliphatic carbocycles. The number of hydrogen-bond acceptors (Lipinski definition) is 3. The number of rotatable bonds is 6. The smallest absolute Gasteiger partial charge is 0.338 e. The fourth-order valence-electron chi connectivity index (χ4n) is 1.77. The van der Waals surface area contributed by atoms with Crippen LogP contribution in [0.15, 0.2) is 29.3 Å². The average Bonchev–Trinajstić information content (AvgIpc) is 2.39. The Balaban J connectivity index is 2.82. The van der Waals surface area contributed by atoms with Gasteiger partial charge in [-0.3, -0.25) is 4.99 Å². The quantitative estimate of drug-likeness (QED) is 0.571. The van der Waals surface area contributed by atoms with Crippen molar-refractivity contribution < 1.29 is 9.53 Å². The zero-order valence-corrected chi connectivity index (χ0v) is 11.4. The van der Waals surface area contributed by atoms with Gasteiger partial charge in [0.1, 0.15) is 0 Å². The van der Waals surface area contributed by atoms with E-state index in [9.17, 15) is 4.79 Å². The van der Waals surface area contributed by atoms with E-state index < -0.39 is 0 Å². The number of hydrogen-bond donors (Lipinski definition) is 0. The number of aliphatic imine (C=N–C) groups is 1.